The Bertz CT molecular complexity index is 692. The molecule has 110 valence electrons. The largest absolute Gasteiger partial charge is 0.306 e. The molecule has 1 heterocycles. The zero-order chi connectivity index (χ0) is 15.7. The van der Waals surface area contributed by atoms with Crippen LogP contribution in [0.25, 0.3) is 0 Å². The summed E-state index contributed by atoms with van der Waals surface area (Å²) in [6, 6.07) is 2.84. The van der Waals surface area contributed by atoms with Gasteiger partial charge in [0.2, 0.25) is 5.82 Å². The minimum absolute atomic E-state index is 0.0932. The Morgan fingerprint density at radius 1 is 0.952 bits per heavy atom. The Balaban J connectivity index is 2.42. The van der Waals surface area contributed by atoms with Crippen molar-refractivity contribution in [3.05, 3.63) is 56.5 Å². The Labute approximate surface area is 128 Å². The van der Waals surface area contributed by atoms with Gasteiger partial charge >= 0.3 is 0 Å². The third kappa shape index (κ3) is 2.96. The normalized spacial score (nSPS) is 10.6. The highest BCUT2D eigenvalue weighted by Gasteiger charge is 2.29. The van der Waals surface area contributed by atoms with Crippen LogP contribution in [0.5, 0.6) is 0 Å². The number of carbonyl (C=O) groups excluding carboxylic acids is 1. The predicted molar refractivity (Wildman–Crippen MR) is 71.1 cm³/mol. The molecule has 0 bridgehead atoms. The first-order chi connectivity index (χ1) is 9.82. The fraction of sp³-hybridized carbons (Fsp3) is 0. The molecule has 0 atom stereocenters. The quantitative estimate of drug-likeness (QED) is 0.353. The van der Waals surface area contributed by atoms with Crippen molar-refractivity contribution in [2.45, 2.75) is 0 Å². The predicted octanol–water partition coefficient (Wildman–Crippen LogP) is 3.63. The summed E-state index contributed by atoms with van der Waals surface area (Å²) in [4.78, 5) is 15.4. The average Bonchev–Trinajstić information content (AvgIpc) is 2.46. The second-order valence-electron chi connectivity index (χ2n) is 3.76. The number of nitrogens with one attached hydrogen (secondary N) is 1. The fourth-order valence-electron chi connectivity index (χ4n) is 1.43. The lowest BCUT2D eigenvalue weighted by Gasteiger charge is -2.08. The SMILES string of the molecule is O=C(Nc1ccc(I)cn1)c1c(F)c(F)c(F)c(F)c1F. The van der Waals surface area contributed by atoms with Gasteiger partial charge in [0, 0.05) is 9.77 Å². The topological polar surface area (TPSA) is 42.0 Å². The maximum Gasteiger partial charge on any atom is 0.263 e. The Morgan fingerprint density at radius 3 is 1.95 bits per heavy atom. The Morgan fingerprint density at radius 2 is 1.48 bits per heavy atom. The van der Waals surface area contributed by atoms with Crippen molar-refractivity contribution in [2.75, 3.05) is 5.32 Å². The van der Waals surface area contributed by atoms with E-state index in [0.717, 1.165) is 3.57 Å². The number of halogens is 6. The summed E-state index contributed by atoms with van der Waals surface area (Å²) in [5.41, 5.74) is -1.56. The molecule has 1 aromatic heterocycles. The van der Waals surface area contributed by atoms with Gasteiger partial charge in [-0.15, -0.1) is 0 Å². The molecule has 1 N–H and O–H groups in total. The van der Waals surface area contributed by atoms with Gasteiger partial charge in [0.1, 0.15) is 11.4 Å². The van der Waals surface area contributed by atoms with Crippen LogP contribution in [0.4, 0.5) is 27.8 Å². The van der Waals surface area contributed by atoms with Crippen LogP contribution in [-0.2, 0) is 0 Å². The summed E-state index contributed by atoms with van der Waals surface area (Å²) in [6.45, 7) is 0. The zero-order valence-electron chi connectivity index (χ0n) is 9.86. The lowest BCUT2D eigenvalue weighted by molar-refractivity contribution is 0.101. The molecule has 0 fully saturated rings. The van der Waals surface area contributed by atoms with Crippen molar-refractivity contribution >= 4 is 34.3 Å². The van der Waals surface area contributed by atoms with Crippen molar-refractivity contribution in [1.82, 2.24) is 4.98 Å². The highest BCUT2D eigenvalue weighted by Crippen LogP contribution is 2.23. The molecule has 2 rings (SSSR count). The monoisotopic (exact) mass is 414 g/mol. The van der Waals surface area contributed by atoms with Crippen LogP contribution in [0.15, 0.2) is 18.3 Å². The summed E-state index contributed by atoms with van der Waals surface area (Å²) >= 11 is 1.93. The van der Waals surface area contributed by atoms with E-state index in [0.29, 0.717) is 0 Å². The van der Waals surface area contributed by atoms with Crippen molar-refractivity contribution in [2.24, 2.45) is 0 Å². The molecule has 0 aliphatic carbocycles. The molecule has 0 saturated heterocycles. The molecule has 2 aromatic rings. The summed E-state index contributed by atoms with van der Waals surface area (Å²) in [6.07, 6.45) is 1.34. The molecule has 21 heavy (non-hydrogen) atoms. The van der Waals surface area contributed by atoms with E-state index in [-0.39, 0.29) is 5.82 Å². The minimum atomic E-state index is -2.33. The van der Waals surface area contributed by atoms with Crippen LogP contribution in [0, 0.1) is 32.7 Å². The number of benzene rings is 1. The standard InChI is InChI=1S/C12H4F5IN2O/c13-7-6(8(14)10(16)11(17)9(7)15)12(21)20-5-2-1-4(18)3-19-5/h1-3H,(H,19,20,21). The molecule has 0 unspecified atom stereocenters. The Kier molecular flexibility index (Phi) is 4.40. The number of hydrogen-bond acceptors (Lipinski definition) is 2. The third-order valence-corrected chi connectivity index (χ3v) is 3.04. The lowest BCUT2D eigenvalue weighted by atomic mass is 10.1. The van der Waals surface area contributed by atoms with Gasteiger partial charge in [0.25, 0.3) is 5.91 Å². The molecule has 0 radical (unpaired) electrons. The molecule has 9 heteroatoms. The number of rotatable bonds is 2. The van der Waals surface area contributed by atoms with Crippen LogP contribution in [0.3, 0.4) is 0 Å². The van der Waals surface area contributed by atoms with E-state index in [1.807, 2.05) is 27.9 Å². The summed E-state index contributed by atoms with van der Waals surface area (Å²) in [7, 11) is 0. The molecular formula is C12H4F5IN2O. The van der Waals surface area contributed by atoms with Crippen molar-refractivity contribution in [3.8, 4) is 0 Å². The smallest absolute Gasteiger partial charge is 0.263 e. The first-order valence-corrected chi connectivity index (χ1v) is 6.35. The summed E-state index contributed by atoms with van der Waals surface area (Å²) < 4.78 is 66.4. The lowest BCUT2D eigenvalue weighted by Crippen LogP contribution is -2.19. The molecule has 0 aliphatic heterocycles. The highest BCUT2D eigenvalue weighted by molar-refractivity contribution is 14.1. The number of anilines is 1. The maximum atomic E-state index is 13.4. The number of nitrogens with zero attached hydrogens (tertiary/aromatic N) is 1. The second-order valence-corrected chi connectivity index (χ2v) is 5.01. The molecule has 3 nitrogen and oxygen atoms in total. The maximum absolute atomic E-state index is 13.4. The van der Waals surface area contributed by atoms with Gasteiger partial charge in [-0.2, -0.15) is 0 Å². The molecule has 0 aliphatic rings. The number of aromatic nitrogens is 1. The molecular weight excluding hydrogens is 410 g/mol. The van der Waals surface area contributed by atoms with E-state index in [2.05, 4.69) is 4.98 Å². The van der Waals surface area contributed by atoms with Gasteiger partial charge in [-0.3, -0.25) is 4.79 Å². The number of hydrogen-bond donors (Lipinski definition) is 1. The fourth-order valence-corrected chi connectivity index (χ4v) is 1.75. The van der Waals surface area contributed by atoms with Crippen LogP contribution in [-0.4, -0.2) is 10.9 Å². The van der Waals surface area contributed by atoms with E-state index < -0.39 is 40.6 Å². The molecule has 0 saturated carbocycles. The number of amides is 1. The van der Waals surface area contributed by atoms with Gasteiger partial charge < -0.3 is 5.32 Å². The van der Waals surface area contributed by atoms with Crippen LogP contribution in [0.1, 0.15) is 10.4 Å². The van der Waals surface area contributed by atoms with Gasteiger partial charge in [-0.1, -0.05) is 0 Å². The van der Waals surface area contributed by atoms with Crippen LogP contribution < -0.4 is 5.32 Å². The van der Waals surface area contributed by atoms with Crippen LogP contribution in [0.2, 0.25) is 0 Å². The second kappa shape index (κ2) is 5.92. The molecule has 1 aromatic carbocycles. The number of pyridine rings is 1. The van der Waals surface area contributed by atoms with Gasteiger partial charge in [-0.25, -0.2) is 26.9 Å². The highest BCUT2D eigenvalue weighted by atomic mass is 127. The number of carbonyl (C=O) groups is 1. The van der Waals surface area contributed by atoms with E-state index in [4.69, 9.17) is 0 Å². The summed E-state index contributed by atoms with van der Waals surface area (Å²) in [5.74, 6) is -12.7. The van der Waals surface area contributed by atoms with Crippen molar-refractivity contribution in [3.63, 3.8) is 0 Å². The molecule has 1 amide bonds. The Hall–Kier alpha value is -1.78. The zero-order valence-corrected chi connectivity index (χ0v) is 12.0. The average molecular weight is 414 g/mol. The van der Waals surface area contributed by atoms with E-state index in [1.54, 1.807) is 0 Å². The first-order valence-electron chi connectivity index (χ1n) is 5.27. The minimum Gasteiger partial charge on any atom is -0.306 e. The first kappa shape index (κ1) is 15.6. The summed E-state index contributed by atoms with van der Waals surface area (Å²) in [5, 5.41) is 1.95. The van der Waals surface area contributed by atoms with E-state index >= 15 is 0 Å². The van der Waals surface area contributed by atoms with Crippen molar-refractivity contribution in [1.29, 1.82) is 0 Å². The van der Waals surface area contributed by atoms with E-state index in [9.17, 15) is 26.7 Å². The van der Waals surface area contributed by atoms with Gasteiger partial charge in [0.05, 0.1) is 0 Å². The van der Waals surface area contributed by atoms with Crippen molar-refractivity contribution < 1.29 is 26.7 Å². The third-order valence-electron chi connectivity index (χ3n) is 2.41. The van der Waals surface area contributed by atoms with Gasteiger partial charge in [0.15, 0.2) is 23.3 Å². The van der Waals surface area contributed by atoms with Gasteiger partial charge in [-0.05, 0) is 34.7 Å². The van der Waals surface area contributed by atoms with E-state index in [1.165, 1.54) is 18.3 Å². The molecule has 0 spiro atoms. The van der Waals surface area contributed by atoms with Crippen LogP contribution >= 0.6 is 22.6 Å².